The molecule has 1 aliphatic rings. The molecule has 4 rings (SSSR count). The van der Waals surface area contributed by atoms with Crippen LogP contribution in [0, 0.1) is 5.82 Å². The molecular formula is C25H25FN2O4. The number of nitrogens with one attached hydrogen (secondary N) is 1. The molecule has 32 heavy (non-hydrogen) atoms. The topological polar surface area (TPSA) is 71.8 Å². The molecule has 0 saturated carbocycles. The summed E-state index contributed by atoms with van der Waals surface area (Å²) in [6, 6.07) is 15.1. The van der Waals surface area contributed by atoms with Crippen molar-refractivity contribution in [1.29, 1.82) is 0 Å². The summed E-state index contributed by atoms with van der Waals surface area (Å²) in [6.45, 7) is 2.58. The van der Waals surface area contributed by atoms with Gasteiger partial charge in [0.15, 0.2) is 6.61 Å². The van der Waals surface area contributed by atoms with Crippen molar-refractivity contribution in [2.45, 2.75) is 32.4 Å². The third-order valence-electron chi connectivity index (χ3n) is 5.56. The predicted octanol–water partition coefficient (Wildman–Crippen LogP) is 4.00. The molecule has 1 atom stereocenters. The standard InChI is InChI=1S/C25H25FN2O4/c1-2-24(30)28-12-11-17-7-10-20(32-16-23(29)27-15-21-4-3-13-31-21)14-22(17)25(28)18-5-8-19(26)9-6-18/h3-10,13-14,25H,2,11-12,15-16H2,1H3,(H,27,29)/t25-/m1/s1. The average molecular weight is 436 g/mol. The van der Waals surface area contributed by atoms with Gasteiger partial charge in [-0.3, -0.25) is 9.59 Å². The van der Waals surface area contributed by atoms with E-state index in [2.05, 4.69) is 5.32 Å². The van der Waals surface area contributed by atoms with E-state index < -0.39 is 0 Å². The summed E-state index contributed by atoms with van der Waals surface area (Å²) in [7, 11) is 0. The van der Waals surface area contributed by atoms with Crippen LogP contribution in [-0.4, -0.2) is 29.9 Å². The number of nitrogens with zero attached hydrogens (tertiary/aromatic N) is 1. The Kier molecular flexibility index (Phi) is 6.54. The van der Waals surface area contributed by atoms with Gasteiger partial charge in [0, 0.05) is 13.0 Å². The average Bonchev–Trinajstić information content (AvgIpc) is 3.34. The van der Waals surface area contributed by atoms with Crippen molar-refractivity contribution in [2.75, 3.05) is 13.2 Å². The summed E-state index contributed by atoms with van der Waals surface area (Å²) in [5.41, 5.74) is 2.87. The number of hydrogen-bond acceptors (Lipinski definition) is 4. The third-order valence-corrected chi connectivity index (χ3v) is 5.56. The van der Waals surface area contributed by atoms with Crippen LogP contribution in [0.1, 0.15) is 41.8 Å². The van der Waals surface area contributed by atoms with Crippen LogP contribution in [0.15, 0.2) is 65.3 Å². The number of ether oxygens (including phenoxy) is 1. The number of rotatable bonds is 7. The summed E-state index contributed by atoms with van der Waals surface area (Å²) in [4.78, 5) is 26.6. The van der Waals surface area contributed by atoms with Gasteiger partial charge in [0.25, 0.3) is 5.91 Å². The molecule has 0 radical (unpaired) electrons. The number of benzene rings is 2. The zero-order valence-electron chi connectivity index (χ0n) is 17.8. The lowest BCUT2D eigenvalue weighted by atomic mass is 9.87. The predicted molar refractivity (Wildman–Crippen MR) is 116 cm³/mol. The largest absolute Gasteiger partial charge is 0.484 e. The highest BCUT2D eigenvalue weighted by molar-refractivity contribution is 5.78. The molecule has 7 heteroatoms. The van der Waals surface area contributed by atoms with E-state index in [1.54, 1.807) is 30.5 Å². The highest BCUT2D eigenvalue weighted by Crippen LogP contribution is 2.37. The molecule has 1 aromatic heterocycles. The molecular weight excluding hydrogens is 411 g/mol. The highest BCUT2D eigenvalue weighted by atomic mass is 19.1. The molecule has 0 saturated heterocycles. The smallest absolute Gasteiger partial charge is 0.258 e. The monoisotopic (exact) mass is 436 g/mol. The zero-order valence-corrected chi connectivity index (χ0v) is 17.8. The van der Waals surface area contributed by atoms with E-state index in [4.69, 9.17) is 9.15 Å². The van der Waals surface area contributed by atoms with Crippen molar-refractivity contribution >= 4 is 11.8 Å². The first-order valence-corrected chi connectivity index (χ1v) is 10.6. The summed E-state index contributed by atoms with van der Waals surface area (Å²) < 4.78 is 24.4. The Hall–Kier alpha value is -3.61. The Labute approximate surface area is 186 Å². The van der Waals surface area contributed by atoms with Crippen molar-refractivity contribution in [3.63, 3.8) is 0 Å². The lowest BCUT2D eigenvalue weighted by Gasteiger charge is -2.38. The maximum atomic E-state index is 13.5. The molecule has 2 amide bonds. The second-order valence-corrected chi connectivity index (χ2v) is 7.65. The van der Waals surface area contributed by atoms with Crippen LogP contribution < -0.4 is 10.1 Å². The summed E-state index contributed by atoms with van der Waals surface area (Å²) >= 11 is 0. The number of furan rings is 1. The molecule has 6 nitrogen and oxygen atoms in total. The van der Waals surface area contributed by atoms with Crippen molar-refractivity contribution < 1.29 is 23.1 Å². The first kappa shape index (κ1) is 21.6. The van der Waals surface area contributed by atoms with Crippen LogP contribution >= 0.6 is 0 Å². The number of fused-ring (bicyclic) bond motifs is 1. The first-order chi connectivity index (χ1) is 15.5. The Morgan fingerprint density at radius 1 is 1.19 bits per heavy atom. The second-order valence-electron chi connectivity index (χ2n) is 7.65. The molecule has 1 aliphatic heterocycles. The lowest BCUT2D eigenvalue weighted by Crippen LogP contribution is -2.40. The van der Waals surface area contributed by atoms with Crippen LogP contribution in [0.2, 0.25) is 0 Å². The van der Waals surface area contributed by atoms with E-state index in [9.17, 15) is 14.0 Å². The molecule has 0 spiro atoms. The maximum Gasteiger partial charge on any atom is 0.258 e. The molecule has 0 unspecified atom stereocenters. The van der Waals surface area contributed by atoms with E-state index in [1.807, 2.05) is 30.0 Å². The molecule has 2 heterocycles. The van der Waals surface area contributed by atoms with Crippen LogP contribution in [0.25, 0.3) is 0 Å². The van der Waals surface area contributed by atoms with Crippen LogP contribution in [0.3, 0.4) is 0 Å². The fourth-order valence-corrected chi connectivity index (χ4v) is 3.96. The minimum absolute atomic E-state index is 0.0357. The van der Waals surface area contributed by atoms with Gasteiger partial charge in [-0.05, 0) is 59.5 Å². The van der Waals surface area contributed by atoms with Crippen molar-refractivity contribution in [1.82, 2.24) is 10.2 Å². The fourth-order valence-electron chi connectivity index (χ4n) is 3.96. The molecule has 0 aliphatic carbocycles. The fraction of sp³-hybridized carbons (Fsp3) is 0.280. The van der Waals surface area contributed by atoms with Crippen molar-refractivity contribution in [3.05, 3.63) is 89.1 Å². The van der Waals surface area contributed by atoms with E-state index in [0.29, 0.717) is 31.0 Å². The van der Waals surface area contributed by atoms with Gasteiger partial charge in [0.05, 0.1) is 18.8 Å². The summed E-state index contributed by atoms with van der Waals surface area (Å²) in [5.74, 6) is 0.645. The minimum atomic E-state index is -0.330. The summed E-state index contributed by atoms with van der Waals surface area (Å²) in [5, 5.41) is 2.74. The first-order valence-electron chi connectivity index (χ1n) is 10.6. The molecule has 1 N–H and O–H groups in total. The van der Waals surface area contributed by atoms with Gasteiger partial charge >= 0.3 is 0 Å². The van der Waals surface area contributed by atoms with Gasteiger partial charge in [-0.25, -0.2) is 4.39 Å². The van der Waals surface area contributed by atoms with Crippen LogP contribution in [0.4, 0.5) is 4.39 Å². The molecule has 166 valence electrons. The molecule has 0 fully saturated rings. The van der Waals surface area contributed by atoms with Crippen LogP contribution in [0.5, 0.6) is 5.75 Å². The maximum absolute atomic E-state index is 13.5. The number of amides is 2. The van der Waals surface area contributed by atoms with Gasteiger partial charge in [-0.2, -0.15) is 0 Å². The Morgan fingerprint density at radius 2 is 2.00 bits per heavy atom. The van der Waals surface area contributed by atoms with E-state index in [0.717, 1.165) is 23.1 Å². The van der Waals surface area contributed by atoms with Crippen LogP contribution in [-0.2, 0) is 22.6 Å². The van der Waals surface area contributed by atoms with Gasteiger partial charge in [-0.1, -0.05) is 25.1 Å². The third kappa shape index (κ3) is 4.82. The quantitative estimate of drug-likeness (QED) is 0.608. The van der Waals surface area contributed by atoms with Gasteiger partial charge in [0.2, 0.25) is 5.91 Å². The van der Waals surface area contributed by atoms with Gasteiger partial charge < -0.3 is 19.4 Å². The van der Waals surface area contributed by atoms with Gasteiger partial charge in [0.1, 0.15) is 17.3 Å². The molecule has 3 aromatic rings. The Balaban J connectivity index is 1.53. The Bertz CT molecular complexity index is 1080. The number of halogens is 1. The molecule has 0 bridgehead atoms. The zero-order chi connectivity index (χ0) is 22.5. The SMILES string of the molecule is CCC(=O)N1CCc2ccc(OCC(=O)NCc3ccco3)cc2[C@H]1c1ccc(F)cc1. The van der Waals surface area contributed by atoms with Crippen molar-refractivity contribution in [3.8, 4) is 5.75 Å². The summed E-state index contributed by atoms with van der Waals surface area (Å²) in [6.07, 6.45) is 2.66. The number of carbonyl (C=O) groups excluding carboxylic acids is 2. The van der Waals surface area contributed by atoms with Gasteiger partial charge in [-0.15, -0.1) is 0 Å². The van der Waals surface area contributed by atoms with Crippen molar-refractivity contribution in [2.24, 2.45) is 0 Å². The van der Waals surface area contributed by atoms with E-state index in [-0.39, 0.29) is 30.3 Å². The van der Waals surface area contributed by atoms with E-state index in [1.165, 1.54) is 12.1 Å². The minimum Gasteiger partial charge on any atom is -0.484 e. The second kappa shape index (κ2) is 9.68. The number of carbonyl (C=O) groups is 2. The normalized spacial score (nSPS) is 15.2. The van der Waals surface area contributed by atoms with E-state index >= 15 is 0 Å². The lowest BCUT2D eigenvalue weighted by molar-refractivity contribution is -0.133. The Morgan fingerprint density at radius 3 is 2.72 bits per heavy atom. The molecule has 2 aromatic carbocycles. The highest BCUT2D eigenvalue weighted by Gasteiger charge is 2.31. The number of hydrogen-bond donors (Lipinski definition) is 1.